The molecule has 7 heteroatoms. The highest BCUT2D eigenvalue weighted by Gasteiger charge is 2.15. The molecular weight excluding hydrogens is 332 g/mol. The zero-order chi connectivity index (χ0) is 18.4. The number of nitrogens with two attached hydrogens (primary N) is 1. The lowest BCUT2D eigenvalue weighted by molar-refractivity contribution is -0.119. The van der Waals surface area contributed by atoms with Crippen LogP contribution in [0.3, 0.4) is 0 Å². The molecule has 0 radical (unpaired) electrons. The Morgan fingerprint density at radius 1 is 0.923 bits per heavy atom. The van der Waals surface area contributed by atoms with Gasteiger partial charge in [0.2, 0.25) is 0 Å². The van der Waals surface area contributed by atoms with Gasteiger partial charge in [-0.05, 0) is 23.3 Å². The molecule has 26 heavy (non-hydrogen) atoms. The largest absolute Gasteiger partial charge is 0.451 e. The van der Waals surface area contributed by atoms with Crippen LogP contribution in [0, 0.1) is 0 Å². The van der Waals surface area contributed by atoms with Crippen LogP contribution in [0.4, 0.5) is 11.5 Å². The molecule has 1 aromatic heterocycles. The maximum atomic E-state index is 11.9. The van der Waals surface area contributed by atoms with Gasteiger partial charge in [-0.25, -0.2) is 14.8 Å². The second-order valence-corrected chi connectivity index (χ2v) is 5.36. The summed E-state index contributed by atoms with van der Waals surface area (Å²) in [5.41, 5.74) is 8.14. The summed E-state index contributed by atoms with van der Waals surface area (Å²) in [6.45, 7) is -0.449. The zero-order valence-electron chi connectivity index (χ0n) is 13.8. The third-order valence-corrected chi connectivity index (χ3v) is 3.53. The van der Waals surface area contributed by atoms with Gasteiger partial charge in [-0.1, -0.05) is 42.5 Å². The van der Waals surface area contributed by atoms with Gasteiger partial charge in [-0.3, -0.25) is 4.79 Å². The highest BCUT2D eigenvalue weighted by molar-refractivity contribution is 5.96. The minimum absolute atomic E-state index is 0.0468. The van der Waals surface area contributed by atoms with Crippen LogP contribution in [0.1, 0.15) is 10.5 Å². The molecular formula is C19H16N4O3. The quantitative estimate of drug-likeness (QED) is 0.686. The first-order valence-electron chi connectivity index (χ1n) is 7.82. The van der Waals surface area contributed by atoms with E-state index in [1.54, 1.807) is 12.1 Å². The van der Waals surface area contributed by atoms with E-state index < -0.39 is 18.5 Å². The summed E-state index contributed by atoms with van der Waals surface area (Å²) in [7, 11) is 0. The number of amides is 1. The van der Waals surface area contributed by atoms with Gasteiger partial charge in [0.1, 0.15) is 0 Å². The lowest BCUT2D eigenvalue weighted by atomic mass is 10.1. The van der Waals surface area contributed by atoms with Crippen molar-refractivity contribution >= 4 is 23.4 Å². The molecule has 0 saturated carbocycles. The van der Waals surface area contributed by atoms with Gasteiger partial charge < -0.3 is 15.8 Å². The number of hydrogen-bond acceptors (Lipinski definition) is 6. The topological polar surface area (TPSA) is 107 Å². The maximum absolute atomic E-state index is 11.9. The fraction of sp³-hybridized carbons (Fsp3) is 0.0526. The Hall–Kier alpha value is -3.74. The Morgan fingerprint density at radius 2 is 1.58 bits per heavy atom. The fourth-order valence-corrected chi connectivity index (χ4v) is 2.28. The summed E-state index contributed by atoms with van der Waals surface area (Å²) < 4.78 is 4.90. The predicted octanol–water partition coefficient (Wildman–Crippen LogP) is 2.52. The standard InChI is InChI=1S/C19H16N4O3/c20-18-17(21-10-11-22-18)19(25)26-12-16(24)23-15-8-6-14(7-9-15)13-4-2-1-3-5-13/h1-11H,12H2,(H2,20,22)(H,23,24). The van der Waals surface area contributed by atoms with E-state index in [1.165, 1.54) is 12.4 Å². The summed E-state index contributed by atoms with van der Waals surface area (Å²) in [4.78, 5) is 31.3. The summed E-state index contributed by atoms with van der Waals surface area (Å²) in [6.07, 6.45) is 2.68. The number of carbonyl (C=O) groups excluding carboxylic acids is 2. The van der Waals surface area contributed by atoms with Gasteiger partial charge in [-0.2, -0.15) is 0 Å². The van der Waals surface area contributed by atoms with Gasteiger partial charge in [-0.15, -0.1) is 0 Å². The van der Waals surface area contributed by atoms with E-state index in [1.807, 2.05) is 42.5 Å². The van der Waals surface area contributed by atoms with Crippen molar-refractivity contribution in [2.75, 3.05) is 17.7 Å². The Bertz CT molecular complexity index is 912. The van der Waals surface area contributed by atoms with Crippen molar-refractivity contribution in [2.24, 2.45) is 0 Å². The smallest absolute Gasteiger partial charge is 0.361 e. The molecule has 0 bridgehead atoms. The molecule has 130 valence electrons. The zero-order valence-corrected chi connectivity index (χ0v) is 13.8. The minimum atomic E-state index is -0.801. The summed E-state index contributed by atoms with van der Waals surface area (Å²) in [6, 6.07) is 17.2. The molecule has 3 rings (SSSR count). The highest BCUT2D eigenvalue weighted by atomic mass is 16.5. The van der Waals surface area contributed by atoms with E-state index in [2.05, 4.69) is 15.3 Å². The fourth-order valence-electron chi connectivity index (χ4n) is 2.28. The van der Waals surface area contributed by atoms with Crippen molar-refractivity contribution in [1.82, 2.24) is 9.97 Å². The van der Waals surface area contributed by atoms with Gasteiger partial charge in [0.05, 0.1) is 0 Å². The molecule has 0 atom stereocenters. The Labute approximate surface area is 149 Å². The number of anilines is 2. The lowest BCUT2D eigenvalue weighted by Crippen LogP contribution is -2.22. The molecule has 3 aromatic rings. The first kappa shape index (κ1) is 17.1. The van der Waals surface area contributed by atoms with Crippen LogP contribution in [0.15, 0.2) is 67.0 Å². The third kappa shape index (κ3) is 4.21. The van der Waals surface area contributed by atoms with E-state index in [4.69, 9.17) is 10.5 Å². The number of nitrogen functional groups attached to an aromatic ring is 1. The average Bonchev–Trinajstić information content (AvgIpc) is 2.68. The van der Waals surface area contributed by atoms with Gasteiger partial charge in [0, 0.05) is 18.1 Å². The average molecular weight is 348 g/mol. The predicted molar refractivity (Wildman–Crippen MR) is 97.2 cm³/mol. The molecule has 0 aliphatic heterocycles. The van der Waals surface area contributed by atoms with Crippen molar-refractivity contribution < 1.29 is 14.3 Å². The van der Waals surface area contributed by atoms with E-state index in [0.29, 0.717) is 5.69 Å². The molecule has 0 spiro atoms. The first-order chi connectivity index (χ1) is 12.6. The number of hydrogen-bond donors (Lipinski definition) is 2. The number of benzene rings is 2. The van der Waals surface area contributed by atoms with E-state index >= 15 is 0 Å². The summed E-state index contributed by atoms with van der Waals surface area (Å²) in [5.74, 6) is -1.31. The van der Waals surface area contributed by atoms with Crippen LogP contribution in [0.5, 0.6) is 0 Å². The Balaban J connectivity index is 1.55. The molecule has 7 nitrogen and oxygen atoms in total. The molecule has 2 aromatic carbocycles. The molecule has 3 N–H and O–H groups in total. The minimum Gasteiger partial charge on any atom is -0.451 e. The molecule has 0 unspecified atom stereocenters. The number of ether oxygens (including phenoxy) is 1. The highest BCUT2D eigenvalue weighted by Crippen LogP contribution is 2.20. The summed E-state index contributed by atoms with van der Waals surface area (Å²) in [5, 5.41) is 2.66. The van der Waals surface area contributed by atoms with Gasteiger partial charge in [0.15, 0.2) is 18.1 Å². The van der Waals surface area contributed by atoms with Crippen LogP contribution in [-0.4, -0.2) is 28.5 Å². The molecule has 1 heterocycles. The Kier molecular flexibility index (Phi) is 5.19. The maximum Gasteiger partial charge on any atom is 0.361 e. The SMILES string of the molecule is Nc1nccnc1C(=O)OCC(=O)Nc1ccc(-c2ccccc2)cc1. The molecule has 0 aliphatic carbocycles. The van der Waals surface area contributed by atoms with Crippen LogP contribution >= 0.6 is 0 Å². The second kappa shape index (κ2) is 7.89. The van der Waals surface area contributed by atoms with Crippen LogP contribution in [0.25, 0.3) is 11.1 Å². The van der Waals surface area contributed by atoms with E-state index in [-0.39, 0.29) is 11.5 Å². The number of nitrogens with one attached hydrogen (secondary N) is 1. The molecule has 0 saturated heterocycles. The van der Waals surface area contributed by atoms with Crippen molar-refractivity contribution in [3.05, 3.63) is 72.7 Å². The monoisotopic (exact) mass is 348 g/mol. The van der Waals surface area contributed by atoms with Crippen molar-refractivity contribution in [1.29, 1.82) is 0 Å². The second-order valence-electron chi connectivity index (χ2n) is 5.36. The lowest BCUT2D eigenvalue weighted by Gasteiger charge is -2.08. The van der Waals surface area contributed by atoms with Gasteiger partial charge >= 0.3 is 5.97 Å². The van der Waals surface area contributed by atoms with Crippen molar-refractivity contribution in [2.45, 2.75) is 0 Å². The Morgan fingerprint density at radius 3 is 2.27 bits per heavy atom. The normalized spacial score (nSPS) is 10.2. The van der Waals surface area contributed by atoms with Crippen LogP contribution in [0.2, 0.25) is 0 Å². The molecule has 0 aliphatic rings. The van der Waals surface area contributed by atoms with Crippen LogP contribution in [-0.2, 0) is 9.53 Å². The van der Waals surface area contributed by atoms with Gasteiger partial charge in [0.25, 0.3) is 5.91 Å². The molecule has 1 amide bonds. The third-order valence-electron chi connectivity index (χ3n) is 3.53. The molecule has 0 fully saturated rings. The number of aromatic nitrogens is 2. The summed E-state index contributed by atoms with van der Waals surface area (Å²) >= 11 is 0. The number of nitrogens with zero attached hydrogens (tertiary/aromatic N) is 2. The number of carbonyl (C=O) groups is 2. The van der Waals surface area contributed by atoms with Crippen molar-refractivity contribution in [3.8, 4) is 11.1 Å². The van der Waals surface area contributed by atoms with Crippen LogP contribution < -0.4 is 11.1 Å². The number of esters is 1. The van der Waals surface area contributed by atoms with E-state index in [9.17, 15) is 9.59 Å². The first-order valence-corrected chi connectivity index (χ1v) is 7.82. The van der Waals surface area contributed by atoms with E-state index in [0.717, 1.165) is 11.1 Å². The number of rotatable bonds is 5. The van der Waals surface area contributed by atoms with Crippen molar-refractivity contribution in [3.63, 3.8) is 0 Å².